The Labute approximate surface area is 131 Å². The molecule has 1 atom stereocenters. The van der Waals surface area contributed by atoms with Crippen molar-refractivity contribution < 1.29 is 14.6 Å². The maximum atomic E-state index is 12.3. The highest BCUT2D eigenvalue weighted by molar-refractivity contribution is 5.91. The topological polar surface area (TPSA) is 49.8 Å². The van der Waals surface area contributed by atoms with Crippen molar-refractivity contribution in [3.05, 3.63) is 42.0 Å². The fourth-order valence-corrected chi connectivity index (χ4v) is 3.33. The molecule has 1 amide bonds. The summed E-state index contributed by atoms with van der Waals surface area (Å²) in [6, 6.07) is 9.81. The maximum Gasteiger partial charge on any atom is 0.246 e. The first-order valence-corrected chi connectivity index (χ1v) is 8.04. The van der Waals surface area contributed by atoms with Gasteiger partial charge in [0.2, 0.25) is 5.91 Å². The molecule has 118 valence electrons. The highest BCUT2D eigenvalue weighted by atomic mass is 16.5. The second-order valence-corrected chi connectivity index (χ2v) is 6.14. The molecule has 0 aromatic heterocycles. The first-order valence-electron chi connectivity index (χ1n) is 8.04. The molecule has 1 unspecified atom stereocenters. The Kier molecular flexibility index (Phi) is 4.60. The standard InChI is InChI=1S/C18H23NO3/c20-16-7-4-14-22-18(16)10-12-19(13-11-18)17(21)9-8-15-5-2-1-3-6-15/h1-3,5-6,8-9,16,20H,4,7,10-14H2. The van der Waals surface area contributed by atoms with Crippen LogP contribution in [0.1, 0.15) is 31.2 Å². The number of hydrogen-bond donors (Lipinski definition) is 1. The molecule has 2 saturated heterocycles. The van der Waals surface area contributed by atoms with Gasteiger partial charge in [-0.3, -0.25) is 4.79 Å². The Morgan fingerprint density at radius 1 is 1.27 bits per heavy atom. The van der Waals surface area contributed by atoms with E-state index in [9.17, 15) is 9.90 Å². The van der Waals surface area contributed by atoms with Crippen LogP contribution in [0.3, 0.4) is 0 Å². The number of ether oxygens (including phenoxy) is 1. The van der Waals surface area contributed by atoms with E-state index in [1.54, 1.807) is 6.08 Å². The van der Waals surface area contributed by atoms with Crippen molar-refractivity contribution in [2.24, 2.45) is 0 Å². The number of aliphatic hydroxyl groups excluding tert-OH is 1. The second kappa shape index (κ2) is 6.63. The molecule has 2 aliphatic heterocycles. The first-order chi connectivity index (χ1) is 10.7. The number of carbonyl (C=O) groups is 1. The smallest absolute Gasteiger partial charge is 0.246 e. The van der Waals surface area contributed by atoms with Crippen LogP contribution < -0.4 is 0 Å². The van der Waals surface area contributed by atoms with E-state index >= 15 is 0 Å². The van der Waals surface area contributed by atoms with Gasteiger partial charge in [-0.25, -0.2) is 0 Å². The molecule has 4 heteroatoms. The van der Waals surface area contributed by atoms with Crippen LogP contribution in [-0.4, -0.2) is 47.3 Å². The van der Waals surface area contributed by atoms with Crippen molar-refractivity contribution in [3.63, 3.8) is 0 Å². The number of amides is 1. The molecule has 1 aromatic rings. The first kappa shape index (κ1) is 15.3. The number of carbonyl (C=O) groups excluding carboxylic acids is 1. The summed E-state index contributed by atoms with van der Waals surface area (Å²) in [6.07, 6.45) is 6.26. The Morgan fingerprint density at radius 3 is 2.68 bits per heavy atom. The third kappa shape index (κ3) is 3.23. The molecule has 4 nitrogen and oxygen atoms in total. The molecule has 0 radical (unpaired) electrons. The zero-order valence-corrected chi connectivity index (χ0v) is 12.8. The molecule has 1 spiro atoms. The van der Waals surface area contributed by atoms with Gasteiger partial charge in [-0.1, -0.05) is 30.3 Å². The minimum atomic E-state index is -0.418. The molecule has 22 heavy (non-hydrogen) atoms. The Hall–Kier alpha value is -1.65. The van der Waals surface area contributed by atoms with Crippen LogP contribution in [0.15, 0.2) is 36.4 Å². The summed E-state index contributed by atoms with van der Waals surface area (Å²) in [5, 5.41) is 10.2. The van der Waals surface area contributed by atoms with Crippen molar-refractivity contribution in [1.82, 2.24) is 4.90 Å². The summed E-state index contributed by atoms with van der Waals surface area (Å²) in [4.78, 5) is 14.1. The third-order valence-corrected chi connectivity index (χ3v) is 4.76. The van der Waals surface area contributed by atoms with Gasteiger partial charge in [0.05, 0.1) is 11.7 Å². The van der Waals surface area contributed by atoms with E-state index in [2.05, 4.69) is 0 Å². The average Bonchev–Trinajstić information content (AvgIpc) is 2.57. The quantitative estimate of drug-likeness (QED) is 0.852. The van der Waals surface area contributed by atoms with Gasteiger partial charge in [-0.2, -0.15) is 0 Å². The highest BCUT2D eigenvalue weighted by Crippen LogP contribution is 2.35. The molecule has 1 N–H and O–H groups in total. The van der Waals surface area contributed by atoms with Crippen molar-refractivity contribution in [2.45, 2.75) is 37.4 Å². The van der Waals surface area contributed by atoms with E-state index in [1.807, 2.05) is 41.3 Å². The Balaban J connectivity index is 1.57. The Bertz CT molecular complexity index is 533. The number of aliphatic hydroxyl groups is 1. The van der Waals surface area contributed by atoms with Crippen LogP contribution in [0.25, 0.3) is 6.08 Å². The van der Waals surface area contributed by atoms with Crippen LogP contribution >= 0.6 is 0 Å². The van der Waals surface area contributed by atoms with Crippen LogP contribution in [-0.2, 0) is 9.53 Å². The molecule has 2 aliphatic rings. The number of hydrogen-bond acceptors (Lipinski definition) is 3. The van der Waals surface area contributed by atoms with Gasteiger partial charge in [0.15, 0.2) is 0 Å². The molecular formula is C18H23NO3. The van der Waals surface area contributed by atoms with Crippen LogP contribution in [0.5, 0.6) is 0 Å². The molecule has 0 aliphatic carbocycles. The van der Waals surface area contributed by atoms with E-state index < -0.39 is 11.7 Å². The summed E-state index contributed by atoms with van der Waals surface area (Å²) >= 11 is 0. The summed E-state index contributed by atoms with van der Waals surface area (Å²) in [5.74, 6) is 0.0315. The lowest BCUT2D eigenvalue weighted by Crippen LogP contribution is -2.55. The largest absolute Gasteiger partial charge is 0.390 e. The Morgan fingerprint density at radius 2 is 2.00 bits per heavy atom. The van der Waals surface area contributed by atoms with Gasteiger partial charge >= 0.3 is 0 Å². The molecule has 0 bridgehead atoms. The van der Waals surface area contributed by atoms with Gasteiger partial charge in [0, 0.05) is 25.8 Å². The number of piperidine rings is 1. The highest BCUT2D eigenvalue weighted by Gasteiger charge is 2.44. The number of benzene rings is 1. The predicted molar refractivity (Wildman–Crippen MR) is 85.2 cm³/mol. The van der Waals surface area contributed by atoms with Crippen molar-refractivity contribution in [1.29, 1.82) is 0 Å². The third-order valence-electron chi connectivity index (χ3n) is 4.76. The zero-order valence-electron chi connectivity index (χ0n) is 12.8. The molecule has 2 heterocycles. The van der Waals surface area contributed by atoms with Gasteiger partial charge in [-0.15, -0.1) is 0 Å². The summed E-state index contributed by atoms with van der Waals surface area (Å²) < 4.78 is 5.87. The fourth-order valence-electron chi connectivity index (χ4n) is 3.33. The normalized spacial score (nSPS) is 24.8. The van der Waals surface area contributed by atoms with E-state index in [-0.39, 0.29) is 5.91 Å². The fraction of sp³-hybridized carbons (Fsp3) is 0.500. The lowest BCUT2D eigenvalue weighted by Gasteiger charge is -2.46. The molecule has 0 saturated carbocycles. The van der Waals surface area contributed by atoms with Crippen molar-refractivity contribution in [2.75, 3.05) is 19.7 Å². The minimum Gasteiger partial charge on any atom is -0.390 e. The minimum absolute atomic E-state index is 0.0315. The maximum absolute atomic E-state index is 12.3. The summed E-state index contributed by atoms with van der Waals surface area (Å²) in [6.45, 7) is 2.02. The lowest BCUT2D eigenvalue weighted by molar-refractivity contribution is -0.178. The van der Waals surface area contributed by atoms with Gasteiger partial charge < -0.3 is 14.7 Å². The molecular weight excluding hydrogens is 278 g/mol. The summed E-state index contributed by atoms with van der Waals surface area (Å²) in [5.41, 5.74) is 0.605. The zero-order chi connectivity index (χ0) is 15.4. The number of nitrogens with zero attached hydrogens (tertiary/aromatic N) is 1. The summed E-state index contributed by atoms with van der Waals surface area (Å²) in [7, 11) is 0. The monoisotopic (exact) mass is 301 g/mol. The van der Waals surface area contributed by atoms with Crippen molar-refractivity contribution >= 4 is 12.0 Å². The predicted octanol–water partition coefficient (Wildman–Crippen LogP) is 2.23. The molecule has 3 rings (SSSR count). The van der Waals surface area contributed by atoms with E-state index in [0.717, 1.165) is 37.9 Å². The van der Waals surface area contributed by atoms with Gasteiger partial charge in [0.25, 0.3) is 0 Å². The van der Waals surface area contributed by atoms with Crippen LogP contribution in [0, 0.1) is 0 Å². The van der Waals surface area contributed by atoms with E-state index in [4.69, 9.17) is 4.74 Å². The number of likely N-dealkylation sites (tertiary alicyclic amines) is 1. The average molecular weight is 301 g/mol. The van der Waals surface area contributed by atoms with Gasteiger partial charge in [-0.05, 0) is 37.3 Å². The van der Waals surface area contributed by atoms with Crippen LogP contribution in [0.4, 0.5) is 0 Å². The lowest BCUT2D eigenvalue weighted by atomic mass is 9.82. The van der Waals surface area contributed by atoms with Crippen molar-refractivity contribution in [3.8, 4) is 0 Å². The van der Waals surface area contributed by atoms with E-state index in [1.165, 1.54) is 0 Å². The number of rotatable bonds is 2. The SMILES string of the molecule is O=C(C=Cc1ccccc1)N1CCC2(CC1)OCCCC2O. The van der Waals surface area contributed by atoms with Gasteiger partial charge in [0.1, 0.15) is 0 Å². The molecule has 1 aromatic carbocycles. The second-order valence-electron chi connectivity index (χ2n) is 6.14. The van der Waals surface area contributed by atoms with E-state index in [0.29, 0.717) is 13.1 Å². The van der Waals surface area contributed by atoms with Crippen LogP contribution in [0.2, 0.25) is 0 Å². The molecule has 2 fully saturated rings.